The third-order valence-electron chi connectivity index (χ3n) is 5.13. The van der Waals surface area contributed by atoms with Gasteiger partial charge in [0.2, 0.25) is 5.79 Å². The lowest BCUT2D eigenvalue weighted by Crippen LogP contribution is -2.43. The highest BCUT2D eigenvalue weighted by Gasteiger charge is 2.40. The molecule has 0 fully saturated rings. The van der Waals surface area contributed by atoms with Gasteiger partial charge in [0.15, 0.2) is 0 Å². The molecule has 2 aliphatic heterocycles. The molecule has 2 aromatic carbocycles. The van der Waals surface area contributed by atoms with E-state index in [2.05, 4.69) is 52.0 Å². The van der Waals surface area contributed by atoms with Crippen molar-refractivity contribution in [3.05, 3.63) is 71.5 Å². The summed E-state index contributed by atoms with van der Waals surface area (Å²) in [6.45, 7) is 12.4. The van der Waals surface area contributed by atoms with Crippen molar-refractivity contribution in [2.24, 2.45) is 0 Å². The van der Waals surface area contributed by atoms with Crippen molar-refractivity contribution < 1.29 is 14.6 Å². The van der Waals surface area contributed by atoms with Gasteiger partial charge in [-0.15, -0.1) is 0 Å². The normalized spacial score (nSPS) is 24.0. The number of benzene rings is 2. The highest BCUT2D eigenvalue weighted by Crippen LogP contribution is 2.43. The van der Waals surface area contributed by atoms with Crippen LogP contribution in [0.1, 0.15) is 59.1 Å². The Balaban J connectivity index is 0.000000156. The molecule has 4 rings (SSSR count). The van der Waals surface area contributed by atoms with Crippen LogP contribution in [0, 0.1) is 0 Å². The molecule has 2 aromatic rings. The highest BCUT2D eigenvalue weighted by atomic mass is 16.6. The second-order valence-electron chi connectivity index (χ2n) is 8.91. The van der Waals surface area contributed by atoms with Crippen LogP contribution in [0.4, 0.5) is 0 Å². The number of aliphatic hydroxyl groups is 1. The van der Waals surface area contributed by atoms with Gasteiger partial charge >= 0.3 is 0 Å². The molecular formula is C24H30O3. The molecule has 3 nitrogen and oxygen atoms in total. The molecule has 27 heavy (non-hydrogen) atoms. The van der Waals surface area contributed by atoms with Crippen LogP contribution < -0.4 is 9.47 Å². The second-order valence-corrected chi connectivity index (χ2v) is 8.91. The van der Waals surface area contributed by atoms with Crippen LogP contribution in [-0.2, 0) is 10.8 Å². The Kier molecular flexibility index (Phi) is 4.85. The Hall–Kier alpha value is -2.26. The summed E-state index contributed by atoms with van der Waals surface area (Å²) >= 11 is 0. The van der Waals surface area contributed by atoms with Crippen LogP contribution in [0.5, 0.6) is 11.5 Å². The molecule has 2 heterocycles. The van der Waals surface area contributed by atoms with Crippen molar-refractivity contribution in [1.82, 2.24) is 0 Å². The van der Waals surface area contributed by atoms with Crippen molar-refractivity contribution in [2.75, 3.05) is 0 Å². The summed E-state index contributed by atoms with van der Waals surface area (Å²) < 4.78 is 11.1. The fraction of sp³-hybridized carbons (Fsp3) is 0.417. The lowest BCUT2D eigenvalue weighted by atomic mass is 9.76. The van der Waals surface area contributed by atoms with Gasteiger partial charge in [-0.1, -0.05) is 64.1 Å². The summed E-state index contributed by atoms with van der Waals surface area (Å²) in [6, 6.07) is 16.1. The van der Waals surface area contributed by atoms with Crippen molar-refractivity contribution >= 4 is 0 Å². The molecule has 0 aromatic heterocycles. The maximum atomic E-state index is 9.93. The predicted octanol–water partition coefficient (Wildman–Crippen LogP) is 5.72. The first-order chi connectivity index (χ1) is 12.5. The number of fused-ring (bicyclic) bond motifs is 2. The van der Waals surface area contributed by atoms with Crippen LogP contribution in [0.3, 0.4) is 0 Å². The molecule has 1 N–H and O–H groups in total. The van der Waals surface area contributed by atoms with Gasteiger partial charge in [-0.25, -0.2) is 0 Å². The Labute approximate surface area is 162 Å². The minimum atomic E-state index is -1.04. The van der Waals surface area contributed by atoms with Gasteiger partial charge in [-0.3, -0.25) is 0 Å². The fourth-order valence-electron chi connectivity index (χ4n) is 4.18. The van der Waals surface area contributed by atoms with E-state index in [9.17, 15) is 5.11 Å². The van der Waals surface area contributed by atoms with Crippen molar-refractivity contribution in [1.29, 1.82) is 0 Å². The van der Waals surface area contributed by atoms with Crippen LogP contribution >= 0.6 is 0 Å². The molecule has 2 aliphatic rings. The maximum absolute atomic E-state index is 9.93. The largest absolute Gasteiger partial charge is 0.463 e. The molecule has 144 valence electrons. The van der Waals surface area contributed by atoms with Gasteiger partial charge in [-0.05, 0) is 30.5 Å². The molecule has 0 aliphatic carbocycles. The standard InChI is InChI=1S/C12H16O2.C12H14O/c1-11(2)8-12(3,13)14-10-7-5-4-6-9(10)11;1-9-8-12(2,3)10-6-4-5-7-11(10)13-9/h4-7,13H,8H2,1-3H3;4-8H,1-3H3. The molecule has 0 saturated carbocycles. The van der Waals surface area contributed by atoms with E-state index >= 15 is 0 Å². The molecule has 1 unspecified atom stereocenters. The smallest absolute Gasteiger partial charge is 0.206 e. The topological polar surface area (TPSA) is 38.7 Å². The van der Waals surface area contributed by atoms with Gasteiger partial charge in [0.25, 0.3) is 0 Å². The Morgan fingerprint density at radius 1 is 0.815 bits per heavy atom. The van der Waals surface area contributed by atoms with Crippen LogP contribution in [0.2, 0.25) is 0 Å². The van der Waals surface area contributed by atoms with Crippen molar-refractivity contribution in [3.8, 4) is 11.5 Å². The van der Waals surface area contributed by atoms with Gasteiger partial charge < -0.3 is 14.6 Å². The third kappa shape index (κ3) is 4.19. The van der Waals surface area contributed by atoms with E-state index in [0.29, 0.717) is 6.42 Å². The Morgan fingerprint density at radius 2 is 1.37 bits per heavy atom. The number of rotatable bonds is 0. The number of ether oxygens (including phenoxy) is 2. The minimum Gasteiger partial charge on any atom is -0.463 e. The Morgan fingerprint density at radius 3 is 2.04 bits per heavy atom. The molecule has 0 bridgehead atoms. The van der Waals surface area contributed by atoms with E-state index in [-0.39, 0.29) is 10.8 Å². The van der Waals surface area contributed by atoms with E-state index in [0.717, 1.165) is 17.3 Å². The summed E-state index contributed by atoms with van der Waals surface area (Å²) in [6.07, 6.45) is 2.78. The van der Waals surface area contributed by atoms with Crippen LogP contribution in [0.25, 0.3) is 0 Å². The van der Waals surface area contributed by atoms with Gasteiger partial charge in [-0.2, -0.15) is 0 Å². The first-order valence-corrected chi connectivity index (χ1v) is 9.48. The number of hydrogen-bond acceptors (Lipinski definition) is 3. The Bertz CT molecular complexity index is 859. The van der Waals surface area contributed by atoms with Crippen molar-refractivity contribution in [2.45, 2.75) is 64.6 Å². The quantitative estimate of drug-likeness (QED) is 0.648. The lowest BCUT2D eigenvalue weighted by Gasteiger charge is -2.40. The molecule has 0 spiro atoms. The van der Waals surface area contributed by atoms with Gasteiger partial charge in [0, 0.05) is 29.9 Å². The first kappa shape index (κ1) is 19.5. The number of para-hydroxylation sites is 2. The molecule has 0 radical (unpaired) electrons. The molecule has 0 amide bonds. The fourth-order valence-corrected chi connectivity index (χ4v) is 4.18. The van der Waals surface area contributed by atoms with Crippen LogP contribution in [-0.4, -0.2) is 10.9 Å². The average molecular weight is 367 g/mol. The number of allylic oxidation sites excluding steroid dienone is 2. The average Bonchev–Trinajstić information content (AvgIpc) is 2.52. The summed E-state index contributed by atoms with van der Waals surface area (Å²) in [7, 11) is 0. The van der Waals surface area contributed by atoms with E-state index in [1.165, 1.54) is 11.1 Å². The van der Waals surface area contributed by atoms with E-state index in [1.54, 1.807) is 6.92 Å². The van der Waals surface area contributed by atoms with Crippen LogP contribution in [0.15, 0.2) is 60.4 Å². The van der Waals surface area contributed by atoms with Crippen molar-refractivity contribution in [3.63, 3.8) is 0 Å². The predicted molar refractivity (Wildman–Crippen MR) is 109 cm³/mol. The first-order valence-electron chi connectivity index (χ1n) is 9.48. The third-order valence-corrected chi connectivity index (χ3v) is 5.13. The molecule has 3 heteroatoms. The monoisotopic (exact) mass is 366 g/mol. The SMILES string of the molecule is CC1(O)CC(C)(C)c2ccccc2O1.CC1=CC(C)(C)c2ccccc2O1. The summed E-state index contributed by atoms with van der Waals surface area (Å²) in [5, 5.41) is 9.93. The summed E-state index contributed by atoms with van der Waals surface area (Å²) in [5.41, 5.74) is 2.50. The molecular weight excluding hydrogens is 336 g/mol. The second kappa shape index (κ2) is 6.72. The number of hydrogen-bond donors (Lipinski definition) is 1. The zero-order valence-corrected chi connectivity index (χ0v) is 17.2. The minimum absolute atomic E-state index is 0.0294. The molecule has 0 saturated heterocycles. The van der Waals surface area contributed by atoms with Gasteiger partial charge in [0.05, 0.1) is 5.76 Å². The lowest BCUT2D eigenvalue weighted by molar-refractivity contribution is -0.148. The molecule has 1 atom stereocenters. The van der Waals surface area contributed by atoms with E-state index < -0.39 is 5.79 Å². The van der Waals surface area contributed by atoms with E-state index in [1.807, 2.05) is 37.3 Å². The maximum Gasteiger partial charge on any atom is 0.206 e. The van der Waals surface area contributed by atoms with E-state index in [4.69, 9.17) is 9.47 Å². The zero-order chi connectivity index (χ0) is 19.9. The highest BCUT2D eigenvalue weighted by molar-refractivity contribution is 5.45. The summed E-state index contributed by atoms with van der Waals surface area (Å²) in [5.74, 6) is 1.74. The zero-order valence-electron chi connectivity index (χ0n) is 17.2. The summed E-state index contributed by atoms with van der Waals surface area (Å²) in [4.78, 5) is 0. The van der Waals surface area contributed by atoms with Gasteiger partial charge in [0.1, 0.15) is 11.5 Å².